The van der Waals surface area contributed by atoms with Crippen molar-refractivity contribution in [3.05, 3.63) is 48.0 Å². The summed E-state index contributed by atoms with van der Waals surface area (Å²) in [6, 6.07) is 12.1. The molecule has 0 aromatic heterocycles. The summed E-state index contributed by atoms with van der Waals surface area (Å²) in [6.07, 6.45) is 1.43. The zero-order valence-electron chi connectivity index (χ0n) is 15.7. The molecule has 2 aromatic carbocycles. The number of ether oxygens (including phenoxy) is 2. The molecule has 2 aliphatic heterocycles. The Morgan fingerprint density at radius 3 is 2.46 bits per heavy atom. The van der Waals surface area contributed by atoms with Crippen molar-refractivity contribution in [2.45, 2.75) is 25.8 Å². The summed E-state index contributed by atoms with van der Waals surface area (Å²) in [6.45, 7) is 3.55. The highest BCUT2D eigenvalue weighted by Gasteiger charge is 2.34. The van der Waals surface area contributed by atoms with Gasteiger partial charge in [0.2, 0.25) is 5.91 Å². The standard InChI is InChI=1S/C21H23N3O4/c1-14-4-6-15(7-5-14)23-21(26)24-10-2-3-17(24)20(25)22-16-8-9-18-19(13-16)28-12-11-27-18/h4-9,13,17H,2-3,10-12H2,1H3,(H,22,25)(H,23,26)/t17-/m1/s1. The number of amides is 3. The summed E-state index contributed by atoms with van der Waals surface area (Å²) in [5.41, 5.74) is 2.46. The van der Waals surface area contributed by atoms with E-state index >= 15 is 0 Å². The van der Waals surface area contributed by atoms with Crippen molar-refractivity contribution in [2.24, 2.45) is 0 Å². The van der Waals surface area contributed by atoms with Crippen LogP contribution in [0, 0.1) is 6.92 Å². The second-order valence-electron chi connectivity index (χ2n) is 7.00. The van der Waals surface area contributed by atoms with Gasteiger partial charge in [-0.05, 0) is 44.0 Å². The van der Waals surface area contributed by atoms with Gasteiger partial charge in [-0.1, -0.05) is 17.7 Å². The molecule has 4 rings (SSSR count). The zero-order valence-corrected chi connectivity index (χ0v) is 15.7. The number of benzene rings is 2. The van der Waals surface area contributed by atoms with Crippen molar-refractivity contribution in [2.75, 3.05) is 30.4 Å². The number of aryl methyl sites for hydroxylation is 1. The highest BCUT2D eigenvalue weighted by atomic mass is 16.6. The van der Waals surface area contributed by atoms with E-state index in [0.717, 1.165) is 12.0 Å². The first-order chi connectivity index (χ1) is 13.6. The van der Waals surface area contributed by atoms with Crippen molar-refractivity contribution in [3.63, 3.8) is 0 Å². The number of nitrogens with zero attached hydrogens (tertiary/aromatic N) is 1. The number of urea groups is 1. The van der Waals surface area contributed by atoms with Crippen LogP contribution in [0.5, 0.6) is 11.5 Å². The highest BCUT2D eigenvalue weighted by molar-refractivity contribution is 5.99. The van der Waals surface area contributed by atoms with Crippen LogP contribution in [0.15, 0.2) is 42.5 Å². The third-order valence-electron chi connectivity index (χ3n) is 4.93. The molecule has 7 nitrogen and oxygen atoms in total. The van der Waals surface area contributed by atoms with Crippen LogP contribution in [0.4, 0.5) is 16.2 Å². The molecule has 0 radical (unpaired) electrons. The van der Waals surface area contributed by atoms with Crippen LogP contribution in [0.1, 0.15) is 18.4 Å². The Balaban J connectivity index is 1.41. The summed E-state index contributed by atoms with van der Waals surface area (Å²) in [7, 11) is 0. The minimum absolute atomic E-state index is 0.201. The maximum atomic E-state index is 12.8. The fourth-order valence-corrected chi connectivity index (χ4v) is 3.46. The lowest BCUT2D eigenvalue weighted by molar-refractivity contribution is -0.119. The molecule has 146 valence electrons. The van der Waals surface area contributed by atoms with E-state index in [1.54, 1.807) is 23.1 Å². The predicted molar refractivity (Wildman–Crippen MR) is 106 cm³/mol. The minimum Gasteiger partial charge on any atom is -0.486 e. The van der Waals surface area contributed by atoms with Gasteiger partial charge in [0.05, 0.1) is 0 Å². The quantitative estimate of drug-likeness (QED) is 0.854. The van der Waals surface area contributed by atoms with Crippen molar-refractivity contribution >= 4 is 23.3 Å². The molecule has 0 spiro atoms. The molecule has 0 aliphatic carbocycles. The predicted octanol–water partition coefficient (Wildman–Crippen LogP) is 3.40. The zero-order chi connectivity index (χ0) is 19.5. The molecule has 7 heteroatoms. The monoisotopic (exact) mass is 381 g/mol. The molecule has 2 heterocycles. The summed E-state index contributed by atoms with van der Waals surface area (Å²) in [5.74, 6) is 1.09. The number of hydrogen-bond donors (Lipinski definition) is 2. The molecular formula is C21H23N3O4. The number of hydrogen-bond acceptors (Lipinski definition) is 4. The van der Waals surface area contributed by atoms with E-state index < -0.39 is 6.04 Å². The maximum Gasteiger partial charge on any atom is 0.322 e. The highest BCUT2D eigenvalue weighted by Crippen LogP contribution is 2.33. The van der Waals surface area contributed by atoms with Gasteiger partial charge in [-0.25, -0.2) is 4.79 Å². The van der Waals surface area contributed by atoms with Crippen LogP contribution in [0.3, 0.4) is 0 Å². The molecule has 2 aliphatic rings. The van der Waals surface area contributed by atoms with Crippen LogP contribution in [-0.4, -0.2) is 42.6 Å². The molecular weight excluding hydrogens is 358 g/mol. The average molecular weight is 381 g/mol. The molecule has 0 saturated carbocycles. The average Bonchev–Trinajstić information content (AvgIpc) is 3.20. The molecule has 0 unspecified atom stereocenters. The van der Waals surface area contributed by atoms with E-state index in [9.17, 15) is 9.59 Å². The number of anilines is 2. The van der Waals surface area contributed by atoms with E-state index in [4.69, 9.17) is 9.47 Å². The first-order valence-electron chi connectivity index (χ1n) is 9.45. The lowest BCUT2D eigenvalue weighted by atomic mass is 10.2. The molecule has 1 atom stereocenters. The van der Waals surface area contributed by atoms with Gasteiger partial charge in [0.1, 0.15) is 19.3 Å². The van der Waals surface area contributed by atoms with E-state index in [1.165, 1.54) is 0 Å². The summed E-state index contributed by atoms with van der Waals surface area (Å²) in [5, 5.41) is 5.77. The topological polar surface area (TPSA) is 79.9 Å². The van der Waals surface area contributed by atoms with Gasteiger partial charge >= 0.3 is 6.03 Å². The number of rotatable bonds is 3. The van der Waals surface area contributed by atoms with Gasteiger partial charge in [-0.3, -0.25) is 4.79 Å². The van der Waals surface area contributed by atoms with Crippen molar-refractivity contribution in [1.29, 1.82) is 0 Å². The van der Waals surface area contributed by atoms with Gasteiger partial charge < -0.3 is 25.0 Å². The lowest BCUT2D eigenvalue weighted by Crippen LogP contribution is -2.45. The third-order valence-corrected chi connectivity index (χ3v) is 4.93. The number of carbonyl (C=O) groups is 2. The van der Waals surface area contributed by atoms with Crippen LogP contribution in [0.2, 0.25) is 0 Å². The molecule has 28 heavy (non-hydrogen) atoms. The van der Waals surface area contributed by atoms with Crippen LogP contribution in [-0.2, 0) is 4.79 Å². The van der Waals surface area contributed by atoms with E-state index in [1.807, 2.05) is 31.2 Å². The van der Waals surface area contributed by atoms with Gasteiger partial charge in [0.25, 0.3) is 0 Å². The second kappa shape index (κ2) is 7.80. The molecule has 0 bridgehead atoms. The Morgan fingerprint density at radius 2 is 1.68 bits per heavy atom. The second-order valence-corrected chi connectivity index (χ2v) is 7.00. The van der Waals surface area contributed by atoms with Crippen LogP contribution < -0.4 is 20.1 Å². The van der Waals surface area contributed by atoms with E-state index in [0.29, 0.717) is 49.1 Å². The Bertz CT molecular complexity index is 882. The van der Waals surface area contributed by atoms with E-state index in [-0.39, 0.29) is 11.9 Å². The molecule has 1 fully saturated rings. The largest absolute Gasteiger partial charge is 0.486 e. The smallest absolute Gasteiger partial charge is 0.322 e. The Hall–Kier alpha value is -3.22. The Morgan fingerprint density at radius 1 is 0.964 bits per heavy atom. The molecule has 3 amide bonds. The van der Waals surface area contributed by atoms with E-state index in [2.05, 4.69) is 10.6 Å². The summed E-state index contributed by atoms with van der Waals surface area (Å²) < 4.78 is 11.1. The number of likely N-dealkylation sites (tertiary alicyclic amines) is 1. The molecule has 2 aromatic rings. The van der Waals surface area contributed by atoms with Crippen LogP contribution in [0.25, 0.3) is 0 Å². The van der Waals surface area contributed by atoms with Crippen molar-refractivity contribution in [1.82, 2.24) is 4.90 Å². The first-order valence-corrected chi connectivity index (χ1v) is 9.45. The maximum absolute atomic E-state index is 12.8. The minimum atomic E-state index is -0.501. The number of carbonyl (C=O) groups excluding carboxylic acids is 2. The lowest BCUT2D eigenvalue weighted by Gasteiger charge is -2.25. The van der Waals surface area contributed by atoms with Crippen LogP contribution >= 0.6 is 0 Å². The van der Waals surface area contributed by atoms with Gasteiger partial charge in [-0.15, -0.1) is 0 Å². The summed E-state index contributed by atoms with van der Waals surface area (Å²) in [4.78, 5) is 27.0. The van der Waals surface area contributed by atoms with Crippen molar-refractivity contribution < 1.29 is 19.1 Å². The van der Waals surface area contributed by atoms with Gasteiger partial charge in [0, 0.05) is 24.0 Å². The SMILES string of the molecule is Cc1ccc(NC(=O)N2CCC[C@@H]2C(=O)Nc2ccc3c(c2)OCCO3)cc1. The number of nitrogens with one attached hydrogen (secondary N) is 2. The fraction of sp³-hybridized carbons (Fsp3) is 0.333. The Kier molecular flexibility index (Phi) is 5.06. The fourth-order valence-electron chi connectivity index (χ4n) is 3.46. The first kappa shape index (κ1) is 18.2. The molecule has 1 saturated heterocycles. The van der Waals surface area contributed by atoms with Gasteiger partial charge in [0.15, 0.2) is 11.5 Å². The van der Waals surface area contributed by atoms with Gasteiger partial charge in [-0.2, -0.15) is 0 Å². The van der Waals surface area contributed by atoms with Crippen molar-refractivity contribution in [3.8, 4) is 11.5 Å². The Labute approximate surface area is 163 Å². The summed E-state index contributed by atoms with van der Waals surface area (Å²) >= 11 is 0. The number of fused-ring (bicyclic) bond motifs is 1. The third kappa shape index (κ3) is 3.88. The normalized spacial score (nSPS) is 17.9. The molecule has 2 N–H and O–H groups in total.